The summed E-state index contributed by atoms with van der Waals surface area (Å²) in [6.45, 7) is 0. The fraction of sp³-hybridized carbons (Fsp3) is 0.667. The van der Waals surface area contributed by atoms with Crippen molar-refractivity contribution in [1.82, 2.24) is 10.3 Å². The van der Waals surface area contributed by atoms with Gasteiger partial charge in [-0.3, -0.25) is 0 Å². The quantitative estimate of drug-likeness (QED) is 0.565. The highest BCUT2D eigenvalue weighted by Crippen LogP contribution is 2.23. The first-order chi connectivity index (χ1) is 4.88. The molecular weight excluding hydrogens is 130 g/mol. The highest BCUT2D eigenvalue weighted by atomic mass is 16.6. The molecule has 54 valence electrons. The van der Waals surface area contributed by atoms with Crippen LogP contribution in [0.15, 0.2) is 4.63 Å². The maximum absolute atomic E-state index is 5.73. The van der Waals surface area contributed by atoms with Gasteiger partial charge in [0.25, 0.3) is 0 Å². The van der Waals surface area contributed by atoms with Crippen LogP contribution in [0.2, 0.25) is 0 Å². The van der Waals surface area contributed by atoms with Crippen molar-refractivity contribution < 1.29 is 4.63 Å². The van der Waals surface area contributed by atoms with E-state index in [1.54, 1.807) is 0 Å². The molecule has 2 rings (SSSR count). The van der Waals surface area contributed by atoms with Gasteiger partial charge in [-0.25, -0.2) is 4.63 Å². The number of nitrogens with two attached hydrogens (primary N) is 1. The zero-order valence-electron chi connectivity index (χ0n) is 5.58. The number of fused-ring (bicyclic) bond motifs is 1. The molecule has 1 aliphatic carbocycles. The molecule has 1 aromatic rings. The van der Waals surface area contributed by atoms with Gasteiger partial charge in [0.2, 0.25) is 0 Å². The molecule has 10 heavy (non-hydrogen) atoms. The molecule has 4 nitrogen and oxygen atoms in total. The standard InChI is InChI=1S/C6H9N3O/c7-4-2-1-3-5-6(4)9-10-8-5/h4H,1-3,7H2. The van der Waals surface area contributed by atoms with E-state index in [0.29, 0.717) is 0 Å². The summed E-state index contributed by atoms with van der Waals surface area (Å²) < 4.78 is 4.56. The SMILES string of the molecule is NC1CCCc2nonc21. The molecule has 1 heterocycles. The van der Waals surface area contributed by atoms with Crippen LogP contribution in [0.4, 0.5) is 0 Å². The third-order valence-corrected chi connectivity index (χ3v) is 1.87. The lowest BCUT2D eigenvalue weighted by molar-refractivity contribution is 0.299. The smallest absolute Gasteiger partial charge is 0.125 e. The van der Waals surface area contributed by atoms with Crippen molar-refractivity contribution in [2.24, 2.45) is 5.73 Å². The Morgan fingerprint density at radius 3 is 3.20 bits per heavy atom. The lowest BCUT2D eigenvalue weighted by Gasteiger charge is -2.13. The number of rotatable bonds is 0. The third-order valence-electron chi connectivity index (χ3n) is 1.87. The third kappa shape index (κ3) is 0.724. The van der Waals surface area contributed by atoms with Crippen molar-refractivity contribution in [3.63, 3.8) is 0 Å². The van der Waals surface area contributed by atoms with E-state index in [1.165, 1.54) is 0 Å². The number of hydrogen-bond donors (Lipinski definition) is 1. The van der Waals surface area contributed by atoms with Gasteiger partial charge in [0, 0.05) is 0 Å². The van der Waals surface area contributed by atoms with E-state index in [-0.39, 0.29) is 6.04 Å². The fourth-order valence-corrected chi connectivity index (χ4v) is 1.29. The summed E-state index contributed by atoms with van der Waals surface area (Å²) in [4.78, 5) is 0. The molecule has 0 spiro atoms. The van der Waals surface area contributed by atoms with Crippen molar-refractivity contribution in [3.8, 4) is 0 Å². The predicted octanol–water partition coefficient (Wildman–Crippen LogP) is 0.406. The van der Waals surface area contributed by atoms with Gasteiger partial charge in [0.1, 0.15) is 11.4 Å². The number of aromatic nitrogens is 2. The normalized spacial score (nSPS) is 24.3. The second-order valence-electron chi connectivity index (χ2n) is 2.59. The van der Waals surface area contributed by atoms with E-state index in [9.17, 15) is 0 Å². The summed E-state index contributed by atoms with van der Waals surface area (Å²) in [5, 5.41) is 7.47. The summed E-state index contributed by atoms with van der Waals surface area (Å²) in [7, 11) is 0. The maximum atomic E-state index is 5.73. The molecule has 4 heteroatoms. The largest absolute Gasteiger partial charge is 0.322 e. The summed E-state index contributed by atoms with van der Waals surface area (Å²) in [5.41, 5.74) is 7.52. The van der Waals surface area contributed by atoms with Crippen LogP contribution in [0.1, 0.15) is 30.3 Å². The lowest BCUT2D eigenvalue weighted by Crippen LogP contribution is -2.17. The average Bonchev–Trinajstić information content (AvgIpc) is 2.36. The molecule has 0 aromatic carbocycles. The van der Waals surface area contributed by atoms with E-state index in [0.717, 1.165) is 30.7 Å². The van der Waals surface area contributed by atoms with E-state index in [4.69, 9.17) is 5.73 Å². The van der Waals surface area contributed by atoms with Crippen molar-refractivity contribution in [1.29, 1.82) is 0 Å². The van der Waals surface area contributed by atoms with E-state index in [2.05, 4.69) is 14.9 Å². The number of aryl methyl sites for hydroxylation is 1. The zero-order valence-corrected chi connectivity index (χ0v) is 5.58. The van der Waals surface area contributed by atoms with E-state index in [1.807, 2.05) is 0 Å². The van der Waals surface area contributed by atoms with Crippen molar-refractivity contribution >= 4 is 0 Å². The first kappa shape index (κ1) is 5.85. The second kappa shape index (κ2) is 2.05. The van der Waals surface area contributed by atoms with Gasteiger partial charge < -0.3 is 5.73 Å². The van der Waals surface area contributed by atoms with Crippen LogP contribution in [-0.2, 0) is 6.42 Å². The van der Waals surface area contributed by atoms with Crippen LogP contribution >= 0.6 is 0 Å². The Morgan fingerprint density at radius 2 is 2.40 bits per heavy atom. The number of hydrogen-bond acceptors (Lipinski definition) is 4. The van der Waals surface area contributed by atoms with Crippen LogP contribution in [0.5, 0.6) is 0 Å². The molecule has 2 N–H and O–H groups in total. The van der Waals surface area contributed by atoms with E-state index < -0.39 is 0 Å². The van der Waals surface area contributed by atoms with Gasteiger partial charge in [-0.2, -0.15) is 0 Å². The van der Waals surface area contributed by atoms with Crippen LogP contribution < -0.4 is 5.73 Å². The molecule has 1 aromatic heterocycles. The first-order valence-electron chi connectivity index (χ1n) is 3.45. The monoisotopic (exact) mass is 139 g/mol. The molecule has 1 aliphatic rings. The lowest BCUT2D eigenvalue weighted by atomic mass is 9.97. The minimum Gasteiger partial charge on any atom is -0.322 e. The molecular formula is C6H9N3O. The Bertz CT molecular complexity index is 233. The van der Waals surface area contributed by atoms with Gasteiger partial charge in [0.15, 0.2) is 0 Å². The summed E-state index contributed by atoms with van der Waals surface area (Å²) in [6, 6.07) is 0.0509. The zero-order chi connectivity index (χ0) is 6.97. The molecule has 0 saturated heterocycles. The maximum Gasteiger partial charge on any atom is 0.125 e. The topological polar surface area (TPSA) is 64.9 Å². The minimum atomic E-state index is 0.0509. The minimum absolute atomic E-state index is 0.0509. The van der Waals surface area contributed by atoms with E-state index >= 15 is 0 Å². The highest BCUT2D eigenvalue weighted by Gasteiger charge is 2.21. The van der Waals surface area contributed by atoms with Crippen LogP contribution in [0.25, 0.3) is 0 Å². The van der Waals surface area contributed by atoms with Crippen LogP contribution in [0, 0.1) is 0 Å². The van der Waals surface area contributed by atoms with Gasteiger partial charge in [-0.15, -0.1) is 0 Å². The molecule has 0 amide bonds. The second-order valence-corrected chi connectivity index (χ2v) is 2.59. The molecule has 0 saturated carbocycles. The molecule has 1 atom stereocenters. The Labute approximate surface area is 58.4 Å². The number of nitrogens with zero attached hydrogens (tertiary/aromatic N) is 2. The molecule has 1 unspecified atom stereocenters. The van der Waals surface area contributed by atoms with Gasteiger partial charge >= 0.3 is 0 Å². The summed E-state index contributed by atoms with van der Waals surface area (Å²) in [5.74, 6) is 0. The summed E-state index contributed by atoms with van der Waals surface area (Å²) in [6.07, 6.45) is 3.07. The first-order valence-corrected chi connectivity index (χ1v) is 3.45. The van der Waals surface area contributed by atoms with Crippen LogP contribution in [-0.4, -0.2) is 10.3 Å². The Hall–Kier alpha value is -0.900. The van der Waals surface area contributed by atoms with Gasteiger partial charge in [-0.05, 0) is 19.3 Å². The summed E-state index contributed by atoms with van der Waals surface area (Å²) >= 11 is 0. The van der Waals surface area contributed by atoms with Crippen molar-refractivity contribution in [3.05, 3.63) is 11.4 Å². The van der Waals surface area contributed by atoms with Crippen molar-refractivity contribution in [2.75, 3.05) is 0 Å². The fourth-order valence-electron chi connectivity index (χ4n) is 1.29. The average molecular weight is 139 g/mol. The van der Waals surface area contributed by atoms with Gasteiger partial charge in [-0.1, -0.05) is 10.3 Å². The van der Waals surface area contributed by atoms with Crippen molar-refractivity contribution in [2.45, 2.75) is 25.3 Å². The van der Waals surface area contributed by atoms with Gasteiger partial charge in [0.05, 0.1) is 6.04 Å². The molecule has 0 radical (unpaired) electrons. The predicted molar refractivity (Wildman–Crippen MR) is 34.2 cm³/mol. The molecule has 0 fully saturated rings. The van der Waals surface area contributed by atoms with Crippen LogP contribution in [0.3, 0.4) is 0 Å². The molecule has 0 aliphatic heterocycles. The highest BCUT2D eigenvalue weighted by molar-refractivity contribution is 5.14. The Morgan fingerprint density at radius 1 is 1.50 bits per heavy atom. The Kier molecular flexibility index (Phi) is 1.20. The Balaban J connectivity index is 2.41. The molecule has 0 bridgehead atoms.